The highest BCUT2D eigenvalue weighted by Gasteiger charge is 2.10. The first-order valence-electron chi connectivity index (χ1n) is 7.28. The Labute approximate surface area is 143 Å². The van der Waals surface area contributed by atoms with Crippen molar-refractivity contribution in [3.8, 4) is 22.1 Å². The summed E-state index contributed by atoms with van der Waals surface area (Å²) in [7, 11) is 1.64. The van der Waals surface area contributed by atoms with Gasteiger partial charge in [0.15, 0.2) is 0 Å². The fourth-order valence-electron chi connectivity index (χ4n) is 2.19. The highest BCUT2D eigenvalue weighted by atomic mass is 32.1. The topological polar surface area (TPSA) is 74.4 Å². The van der Waals surface area contributed by atoms with Crippen LogP contribution in [0.15, 0.2) is 53.9 Å². The van der Waals surface area contributed by atoms with E-state index in [0.29, 0.717) is 11.3 Å². The SMILES string of the molecule is COc1ccc(-c2nc(COc3ccccc3C(N)=O)cs2)cc1. The van der Waals surface area contributed by atoms with E-state index in [1.165, 1.54) is 11.3 Å². The number of primary amides is 1. The molecule has 0 fully saturated rings. The van der Waals surface area contributed by atoms with Crippen LogP contribution in [0.3, 0.4) is 0 Å². The van der Waals surface area contributed by atoms with Gasteiger partial charge in [0.05, 0.1) is 18.4 Å². The molecule has 1 heterocycles. The van der Waals surface area contributed by atoms with Crippen LogP contribution in [0.2, 0.25) is 0 Å². The molecule has 122 valence electrons. The van der Waals surface area contributed by atoms with E-state index in [0.717, 1.165) is 22.0 Å². The van der Waals surface area contributed by atoms with Gasteiger partial charge in [0.25, 0.3) is 5.91 Å². The molecule has 0 aliphatic heterocycles. The Morgan fingerprint density at radius 2 is 1.92 bits per heavy atom. The van der Waals surface area contributed by atoms with Gasteiger partial charge in [-0.25, -0.2) is 4.98 Å². The standard InChI is InChI=1S/C18H16N2O3S/c1-22-14-8-6-12(7-9-14)18-20-13(11-24-18)10-23-16-5-3-2-4-15(16)17(19)21/h2-9,11H,10H2,1H3,(H2,19,21). The summed E-state index contributed by atoms with van der Waals surface area (Å²) in [4.78, 5) is 16.0. The van der Waals surface area contributed by atoms with Gasteiger partial charge in [-0.15, -0.1) is 11.3 Å². The zero-order chi connectivity index (χ0) is 16.9. The first-order chi connectivity index (χ1) is 11.7. The number of thiazole rings is 1. The molecule has 0 aliphatic rings. The smallest absolute Gasteiger partial charge is 0.252 e. The molecule has 24 heavy (non-hydrogen) atoms. The summed E-state index contributed by atoms with van der Waals surface area (Å²) in [6.45, 7) is 0.275. The molecule has 0 aliphatic carbocycles. The summed E-state index contributed by atoms with van der Waals surface area (Å²) in [6, 6.07) is 14.6. The van der Waals surface area contributed by atoms with Gasteiger partial charge >= 0.3 is 0 Å². The summed E-state index contributed by atoms with van der Waals surface area (Å²) < 4.78 is 10.8. The van der Waals surface area contributed by atoms with Gasteiger partial charge in [0.2, 0.25) is 0 Å². The molecule has 1 amide bonds. The van der Waals surface area contributed by atoms with E-state index >= 15 is 0 Å². The van der Waals surface area contributed by atoms with Crippen LogP contribution in [0.4, 0.5) is 0 Å². The monoisotopic (exact) mass is 340 g/mol. The number of carbonyl (C=O) groups is 1. The van der Waals surface area contributed by atoms with Crippen molar-refractivity contribution in [3.05, 3.63) is 65.2 Å². The molecular weight excluding hydrogens is 324 g/mol. The summed E-state index contributed by atoms with van der Waals surface area (Å²) >= 11 is 1.54. The van der Waals surface area contributed by atoms with E-state index in [1.807, 2.05) is 29.6 Å². The van der Waals surface area contributed by atoms with E-state index in [9.17, 15) is 4.79 Å². The number of methoxy groups -OCH3 is 1. The molecule has 6 heteroatoms. The summed E-state index contributed by atoms with van der Waals surface area (Å²) in [6.07, 6.45) is 0. The highest BCUT2D eigenvalue weighted by Crippen LogP contribution is 2.26. The van der Waals surface area contributed by atoms with Crippen LogP contribution >= 0.6 is 11.3 Å². The highest BCUT2D eigenvalue weighted by molar-refractivity contribution is 7.13. The zero-order valence-electron chi connectivity index (χ0n) is 13.1. The third-order valence-electron chi connectivity index (χ3n) is 3.42. The van der Waals surface area contributed by atoms with Gasteiger partial charge < -0.3 is 15.2 Å². The van der Waals surface area contributed by atoms with E-state index in [2.05, 4.69) is 4.98 Å². The second kappa shape index (κ2) is 7.14. The van der Waals surface area contributed by atoms with Crippen LogP contribution in [0.25, 0.3) is 10.6 Å². The summed E-state index contributed by atoms with van der Waals surface area (Å²) in [5, 5.41) is 2.84. The fraction of sp³-hybridized carbons (Fsp3) is 0.111. The maximum atomic E-state index is 11.4. The molecule has 0 spiro atoms. The Hall–Kier alpha value is -2.86. The molecule has 5 nitrogen and oxygen atoms in total. The molecular formula is C18H16N2O3S. The number of amides is 1. The molecule has 2 aromatic carbocycles. The van der Waals surface area contributed by atoms with E-state index in [1.54, 1.807) is 31.4 Å². The van der Waals surface area contributed by atoms with Gasteiger partial charge in [-0.1, -0.05) is 12.1 Å². The third-order valence-corrected chi connectivity index (χ3v) is 4.36. The van der Waals surface area contributed by atoms with Crippen LogP contribution in [0, 0.1) is 0 Å². The molecule has 2 N–H and O–H groups in total. The van der Waals surface area contributed by atoms with E-state index < -0.39 is 5.91 Å². The lowest BCUT2D eigenvalue weighted by atomic mass is 10.2. The lowest BCUT2D eigenvalue weighted by molar-refractivity contribution is 0.0996. The zero-order valence-corrected chi connectivity index (χ0v) is 13.9. The fourth-order valence-corrected chi connectivity index (χ4v) is 3.00. The average Bonchev–Trinajstić information content (AvgIpc) is 3.09. The van der Waals surface area contributed by atoms with Crippen molar-refractivity contribution in [2.24, 2.45) is 5.73 Å². The predicted molar refractivity (Wildman–Crippen MR) is 93.4 cm³/mol. The molecule has 1 aromatic heterocycles. The molecule has 0 saturated heterocycles. The normalized spacial score (nSPS) is 10.4. The number of carbonyl (C=O) groups excluding carboxylic acids is 1. The lowest BCUT2D eigenvalue weighted by Gasteiger charge is -2.07. The number of hydrogen-bond donors (Lipinski definition) is 1. The largest absolute Gasteiger partial charge is 0.497 e. The van der Waals surface area contributed by atoms with Gasteiger partial charge in [-0.3, -0.25) is 4.79 Å². The molecule has 0 bridgehead atoms. The quantitative estimate of drug-likeness (QED) is 0.745. The van der Waals surface area contributed by atoms with Gasteiger partial charge in [0.1, 0.15) is 23.1 Å². The van der Waals surface area contributed by atoms with Crippen LogP contribution in [0.1, 0.15) is 16.1 Å². The number of nitrogens with zero attached hydrogens (tertiary/aromatic N) is 1. The first-order valence-corrected chi connectivity index (χ1v) is 8.16. The molecule has 0 radical (unpaired) electrons. The van der Waals surface area contributed by atoms with Crippen molar-refractivity contribution in [2.75, 3.05) is 7.11 Å². The number of benzene rings is 2. The van der Waals surface area contributed by atoms with Crippen LogP contribution in [-0.2, 0) is 6.61 Å². The van der Waals surface area contributed by atoms with Crippen molar-refractivity contribution < 1.29 is 14.3 Å². The average molecular weight is 340 g/mol. The molecule has 3 rings (SSSR count). The maximum Gasteiger partial charge on any atom is 0.252 e. The molecule has 0 saturated carbocycles. The summed E-state index contributed by atoms with van der Waals surface area (Å²) in [5.41, 5.74) is 7.52. The van der Waals surface area contributed by atoms with Gasteiger partial charge in [-0.2, -0.15) is 0 Å². The Balaban J connectivity index is 1.71. The summed E-state index contributed by atoms with van der Waals surface area (Å²) in [5.74, 6) is 0.758. The minimum absolute atomic E-state index is 0.275. The number of rotatable bonds is 6. The Morgan fingerprint density at radius 3 is 2.62 bits per heavy atom. The van der Waals surface area contributed by atoms with Crippen molar-refractivity contribution in [1.29, 1.82) is 0 Å². The first kappa shape index (κ1) is 16.0. The minimum atomic E-state index is -0.511. The second-order valence-corrected chi connectivity index (χ2v) is 5.88. The van der Waals surface area contributed by atoms with Gasteiger partial charge in [0, 0.05) is 10.9 Å². The molecule has 0 atom stereocenters. The number of ether oxygens (including phenoxy) is 2. The second-order valence-electron chi connectivity index (χ2n) is 5.02. The van der Waals surface area contributed by atoms with Crippen LogP contribution in [-0.4, -0.2) is 18.0 Å². The number of hydrogen-bond acceptors (Lipinski definition) is 5. The van der Waals surface area contributed by atoms with Crippen molar-refractivity contribution in [3.63, 3.8) is 0 Å². The molecule has 0 unspecified atom stereocenters. The Morgan fingerprint density at radius 1 is 1.17 bits per heavy atom. The van der Waals surface area contributed by atoms with Crippen molar-refractivity contribution in [2.45, 2.75) is 6.61 Å². The number of aromatic nitrogens is 1. The maximum absolute atomic E-state index is 11.4. The van der Waals surface area contributed by atoms with Crippen molar-refractivity contribution >= 4 is 17.2 Å². The minimum Gasteiger partial charge on any atom is -0.497 e. The Kier molecular flexibility index (Phi) is 4.77. The van der Waals surface area contributed by atoms with E-state index in [4.69, 9.17) is 15.2 Å². The predicted octanol–water partition coefficient (Wildman–Crippen LogP) is 3.50. The third kappa shape index (κ3) is 3.55. The van der Waals surface area contributed by atoms with Gasteiger partial charge in [-0.05, 0) is 36.4 Å². The number of para-hydroxylation sites is 1. The number of nitrogens with two attached hydrogens (primary N) is 1. The lowest BCUT2D eigenvalue weighted by Crippen LogP contribution is -2.12. The Bertz CT molecular complexity index is 843. The molecule has 3 aromatic rings. The van der Waals surface area contributed by atoms with Crippen LogP contribution in [0.5, 0.6) is 11.5 Å². The van der Waals surface area contributed by atoms with Crippen LogP contribution < -0.4 is 15.2 Å². The van der Waals surface area contributed by atoms with Crippen molar-refractivity contribution in [1.82, 2.24) is 4.98 Å². The van der Waals surface area contributed by atoms with E-state index in [-0.39, 0.29) is 6.61 Å².